The van der Waals surface area contributed by atoms with Crippen molar-refractivity contribution in [2.45, 2.75) is 32.2 Å². The number of phenols is 1. The topological polar surface area (TPSA) is 44.7 Å². The standard InChI is InChI=1S/C17H28N2O2/c1-13(16-5-4-15(21-3)12-17(16)20)18-9-6-14-7-10-19(2)11-8-14/h4-5,12-14,18,20H,6-11H2,1-3H3. The number of methoxy groups -OCH3 is 1. The molecule has 1 aliphatic rings. The van der Waals surface area contributed by atoms with Gasteiger partial charge in [0.2, 0.25) is 0 Å². The molecule has 4 nitrogen and oxygen atoms in total. The molecule has 2 N–H and O–H groups in total. The minimum absolute atomic E-state index is 0.155. The SMILES string of the molecule is COc1ccc(C(C)NCCC2CCN(C)CC2)c(O)c1. The number of likely N-dealkylation sites (tertiary alicyclic amines) is 1. The Bertz CT molecular complexity index is 442. The molecule has 0 bridgehead atoms. The number of aromatic hydroxyl groups is 1. The van der Waals surface area contributed by atoms with Crippen LogP contribution in [0.3, 0.4) is 0 Å². The van der Waals surface area contributed by atoms with Crippen LogP contribution in [0.25, 0.3) is 0 Å². The summed E-state index contributed by atoms with van der Waals surface area (Å²) in [6.45, 7) is 5.54. The van der Waals surface area contributed by atoms with Crippen molar-refractivity contribution in [1.82, 2.24) is 10.2 Å². The summed E-state index contributed by atoms with van der Waals surface area (Å²) in [6, 6.07) is 5.65. The van der Waals surface area contributed by atoms with Gasteiger partial charge < -0.3 is 20.1 Å². The third-order valence-corrected chi connectivity index (χ3v) is 4.55. The number of phenolic OH excluding ortho intramolecular Hbond substituents is 1. The highest BCUT2D eigenvalue weighted by Crippen LogP contribution is 2.28. The molecule has 1 aromatic rings. The monoisotopic (exact) mass is 292 g/mol. The largest absolute Gasteiger partial charge is 0.507 e. The van der Waals surface area contributed by atoms with Gasteiger partial charge in [-0.2, -0.15) is 0 Å². The fourth-order valence-electron chi connectivity index (χ4n) is 2.98. The van der Waals surface area contributed by atoms with Gasteiger partial charge in [-0.15, -0.1) is 0 Å². The first-order valence-corrected chi connectivity index (χ1v) is 7.89. The number of rotatable bonds is 6. The van der Waals surface area contributed by atoms with Crippen LogP contribution < -0.4 is 10.1 Å². The lowest BCUT2D eigenvalue weighted by atomic mass is 9.93. The van der Waals surface area contributed by atoms with E-state index in [9.17, 15) is 5.11 Å². The summed E-state index contributed by atoms with van der Waals surface area (Å²) in [4.78, 5) is 2.40. The van der Waals surface area contributed by atoms with E-state index in [1.165, 1.54) is 32.4 Å². The summed E-state index contributed by atoms with van der Waals surface area (Å²) in [5.41, 5.74) is 0.930. The maximum atomic E-state index is 10.0. The van der Waals surface area contributed by atoms with E-state index in [1.807, 2.05) is 12.1 Å². The van der Waals surface area contributed by atoms with Crippen molar-refractivity contribution in [2.75, 3.05) is 33.8 Å². The highest BCUT2D eigenvalue weighted by Gasteiger charge is 2.17. The zero-order chi connectivity index (χ0) is 15.2. The molecule has 21 heavy (non-hydrogen) atoms. The summed E-state index contributed by atoms with van der Waals surface area (Å²) >= 11 is 0. The Morgan fingerprint density at radius 3 is 2.71 bits per heavy atom. The van der Waals surface area contributed by atoms with Crippen molar-refractivity contribution in [3.8, 4) is 11.5 Å². The summed E-state index contributed by atoms with van der Waals surface area (Å²) < 4.78 is 5.11. The molecule has 1 fully saturated rings. The molecule has 1 heterocycles. The van der Waals surface area contributed by atoms with E-state index < -0.39 is 0 Å². The minimum Gasteiger partial charge on any atom is -0.507 e. The van der Waals surface area contributed by atoms with Gasteiger partial charge in [0.05, 0.1) is 7.11 Å². The van der Waals surface area contributed by atoms with Crippen LogP contribution in [0.4, 0.5) is 0 Å². The maximum absolute atomic E-state index is 10.0. The van der Waals surface area contributed by atoms with Gasteiger partial charge in [-0.3, -0.25) is 0 Å². The molecule has 1 atom stereocenters. The Hall–Kier alpha value is -1.26. The molecule has 118 valence electrons. The van der Waals surface area contributed by atoms with Crippen LogP contribution in [0.5, 0.6) is 11.5 Å². The van der Waals surface area contributed by atoms with Gasteiger partial charge >= 0.3 is 0 Å². The summed E-state index contributed by atoms with van der Waals surface area (Å²) in [5, 5.41) is 13.6. The number of piperidine rings is 1. The summed E-state index contributed by atoms with van der Waals surface area (Å²) in [7, 11) is 3.81. The number of ether oxygens (including phenoxy) is 1. The van der Waals surface area contributed by atoms with E-state index in [2.05, 4.69) is 24.2 Å². The van der Waals surface area contributed by atoms with Crippen molar-refractivity contribution >= 4 is 0 Å². The fraction of sp³-hybridized carbons (Fsp3) is 0.647. The summed E-state index contributed by atoms with van der Waals surface area (Å²) in [6.07, 6.45) is 3.83. The van der Waals surface area contributed by atoms with Crippen molar-refractivity contribution in [1.29, 1.82) is 0 Å². The highest BCUT2D eigenvalue weighted by molar-refractivity contribution is 5.41. The number of hydrogen-bond acceptors (Lipinski definition) is 4. The molecule has 0 saturated carbocycles. The van der Waals surface area contributed by atoms with Crippen molar-refractivity contribution in [3.05, 3.63) is 23.8 Å². The first-order valence-electron chi connectivity index (χ1n) is 7.89. The zero-order valence-electron chi connectivity index (χ0n) is 13.4. The molecule has 0 spiro atoms. The first kappa shape index (κ1) is 16.1. The van der Waals surface area contributed by atoms with Gasteiger partial charge in [-0.1, -0.05) is 6.07 Å². The van der Waals surface area contributed by atoms with Crippen LogP contribution in [0.1, 0.15) is 37.8 Å². The van der Waals surface area contributed by atoms with E-state index in [-0.39, 0.29) is 6.04 Å². The van der Waals surface area contributed by atoms with Gasteiger partial charge in [0.15, 0.2) is 0 Å². The lowest BCUT2D eigenvalue weighted by Gasteiger charge is -2.29. The van der Waals surface area contributed by atoms with E-state index in [1.54, 1.807) is 13.2 Å². The minimum atomic E-state index is 0.155. The molecule has 0 aromatic heterocycles. The number of benzene rings is 1. The van der Waals surface area contributed by atoms with Gasteiger partial charge in [-0.25, -0.2) is 0 Å². The highest BCUT2D eigenvalue weighted by atomic mass is 16.5. The second-order valence-electron chi connectivity index (χ2n) is 6.14. The van der Waals surface area contributed by atoms with Crippen LogP contribution in [-0.2, 0) is 0 Å². The third kappa shape index (κ3) is 4.61. The fourth-order valence-corrected chi connectivity index (χ4v) is 2.98. The second kappa shape index (κ2) is 7.66. The Balaban J connectivity index is 1.78. The number of nitrogens with one attached hydrogen (secondary N) is 1. The predicted octanol–water partition coefficient (Wildman–Crippen LogP) is 2.78. The van der Waals surface area contributed by atoms with Crippen molar-refractivity contribution < 1.29 is 9.84 Å². The first-order chi connectivity index (χ1) is 10.1. The quantitative estimate of drug-likeness (QED) is 0.846. The molecule has 1 aliphatic heterocycles. The Kier molecular flexibility index (Phi) is 5.88. The van der Waals surface area contributed by atoms with E-state index in [0.717, 1.165) is 18.0 Å². The van der Waals surface area contributed by atoms with Crippen LogP contribution in [-0.4, -0.2) is 43.8 Å². The lowest BCUT2D eigenvalue weighted by Crippen LogP contribution is -2.32. The molecule has 1 unspecified atom stereocenters. The van der Waals surface area contributed by atoms with E-state index in [4.69, 9.17) is 4.74 Å². The van der Waals surface area contributed by atoms with Gasteiger partial charge in [0, 0.05) is 17.7 Å². The zero-order valence-corrected chi connectivity index (χ0v) is 13.4. The van der Waals surface area contributed by atoms with Crippen LogP contribution in [0.2, 0.25) is 0 Å². The predicted molar refractivity (Wildman–Crippen MR) is 85.9 cm³/mol. The molecule has 2 rings (SSSR count). The Morgan fingerprint density at radius 2 is 2.10 bits per heavy atom. The smallest absolute Gasteiger partial charge is 0.124 e. The van der Waals surface area contributed by atoms with Gasteiger partial charge in [-0.05, 0) is 64.9 Å². The molecule has 1 aromatic carbocycles. The average molecular weight is 292 g/mol. The Labute approximate surface area is 128 Å². The third-order valence-electron chi connectivity index (χ3n) is 4.55. The Morgan fingerprint density at radius 1 is 1.38 bits per heavy atom. The lowest BCUT2D eigenvalue weighted by molar-refractivity contribution is 0.210. The maximum Gasteiger partial charge on any atom is 0.124 e. The molecule has 0 radical (unpaired) electrons. The van der Waals surface area contributed by atoms with Crippen molar-refractivity contribution in [3.63, 3.8) is 0 Å². The normalized spacial score (nSPS) is 18.6. The average Bonchev–Trinajstić information content (AvgIpc) is 2.49. The molecular weight excluding hydrogens is 264 g/mol. The van der Waals surface area contributed by atoms with E-state index >= 15 is 0 Å². The van der Waals surface area contributed by atoms with Crippen LogP contribution in [0, 0.1) is 5.92 Å². The number of nitrogens with zero attached hydrogens (tertiary/aromatic N) is 1. The van der Waals surface area contributed by atoms with Gasteiger partial charge in [0.25, 0.3) is 0 Å². The molecule has 1 saturated heterocycles. The van der Waals surface area contributed by atoms with Crippen molar-refractivity contribution in [2.24, 2.45) is 5.92 Å². The number of hydrogen-bond donors (Lipinski definition) is 2. The van der Waals surface area contributed by atoms with Crippen LogP contribution >= 0.6 is 0 Å². The molecule has 0 aliphatic carbocycles. The van der Waals surface area contributed by atoms with E-state index in [0.29, 0.717) is 11.5 Å². The molecule has 0 amide bonds. The second-order valence-corrected chi connectivity index (χ2v) is 6.14. The van der Waals surface area contributed by atoms with Gasteiger partial charge in [0.1, 0.15) is 11.5 Å². The van der Waals surface area contributed by atoms with Crippen LogP contribution in [0.15, 0.2) is 18.2 Å². The summed E-state index contributed by atoms with van der Waals surface area (Å²) in [5.74, 6) is 1.83. The molecule has 4 heteroatoms. The molecular formula is C17H28N2O2.